The monoisotopic (exact) mass is 446 g/mol. The van der Waals surface area contributed by atoms with Crippen LogP contribution in [0.25, 0.3) is 0 Å². The van der Waals surface area contributed by atoms with Crippen LogP contribution >= 0.6 is 0 Å². The van der Waals surface area contributed by atoms with Crippen molar-refractivity contribution >= 4 is 10.0 Å². The van der Waals surface area contributed by atoms with Crippen LogP contribution in [0.2, 0.25) is 0 Å². The van der Waals surface area contributed by atoms with Gasteiger partial charge in [0, 0.05) is 38.3 Å². The number of methoxy groups -OCH3 is 3. The van der Waals surface area contributed by atoms with Crippen LogP contribution in [0.1, 0.15) is 30.0 Å². The Hall–Kier alpha value is -2.29. The van der Waals surface area contributed by atoms with Gasteiger partial charge in [0.2, 0.25) is 10.0 Å². The highest BCUT2D eigenvalue weighted by Crippen LogP contribution is 2.40. The maximum absolute atomic E-state index is 13.5. The van der Waals surface area contributed by atoms with Crippen LogP contribution in [0.15, 0.2) is 41.3 Å². The van der Waals surface area contributed by atoms with Crippen LogP contribution in [0, 0.1) is 0 Å². The lowest BCUT2D eigenvalue weighted by Gasteiger charge is -2.45. The summed E-state index contributed by atoms with van der Waals surface area (Å²) in [5, 5.41) is 0. The molecule has 0 amide bonds. The van der Waals surface area contributed by atoms with Gasteiger partial charge in [-0.15, -0.1) is 0 Å². The van der Waals surface area contributed by atoms with E-state index in [1.807, 2.05) is 6.07 Å². The molecule has 0 bridgehead atoms. The maximum atomic E-state index is 13.5. The molecule has 0 N–H and O–H groups in total. The zero-order chi connectivity index (χ0) is 22.2. The first-order valence-electron chi connectivity index (χ1n) is 10.5. The molecule has 2 unspecified atom stereocenters. The zero-order valence-corrected chi connectivity index (χ0v) is 19.3. The summed E-state index contributed by atoms with van der Waals surface area (Å²) in [5.74, 6) is 1.67. The molecule has 7 nitrogen and oxygen atoms in total. The molecule has 1 saturated heterocycles. The van der Waals surface area contributed by atoms with E-state index in [0.29, 0.717) is 11.5 Å². The molecule has 2 heterocycles. The fourth-order valence-corrected chi connectivity index (χ4v) is 6.33. The number of fused-ring (bicyclic) bond motifs is 3. The van der Waals surface area contributed by atoms with Crippen molar-refractivity contribution in [3.05, 3.63) is 47.5 Å². The van der Waals surface area contributed by atoms with E-state index >= 15 is 0 Å². The average Bonchev–Trinajstić information content (AvgIpc) is 2.82. The number of hydrogen-bond donors (Lipinski definition) is 0. The Morgan fingerprint density at radius 3 is 2.39 bits per heavy atom. The zero-order valence-electron chi connectivity index (χ0n) is 18.5. The number of benzene rings is 2. The Kier molecular flexibility index (Phi) is 6.14. The second-order valence-electron chi connectivity index (χ2n) is 8.08. The fourth-order valence-electron chi connectivity index (χ4n) is 4.77. The van der Waals surface area contributed by atoms with Crippen molar-refractivity contribution < 1.29 is 22.6 Å². The molecule has 31 heavy (non-hydrogen) atoms. The summed E-state index contributed by atoms with van der Waals surface area (Å²) in [4.78, 5) is 2.60. The molecule has 168 valence electrons. The van der Waals surface area contributed by atoms with Gasteiger partial charge in [-0.2, -0.15) is 4.31 Å². The van der Waals surface area contributed by atoms with Crippen molar-refractivity contribution in [3.8, 4) is 17.2 Å². The SMILES string of the molecule is COc1ccc2c(c1)CCN1CCC(N(C)S(=O)(=O)c3cc(OC)ccc3OC)CC21. The van der Waals surface area contributed by atoms with E-state index in [0.717, 1.165) is 38.1 Å². The second-order valence-corrected chi connectivity index (χ2v) is 10.0. The van der Waals surface area contributed by atoms with E-state index < -0.39 is 10.0 Å². The first-order valence-corrected chi connectivity index (χ1v) is 11.9. The van der Waals surface area contributed by atoms with Gasteiger partial charge in [-0.25, -0.2) is 8.42 Å². The summed E-state index contributed by atoms with van der Waals surface area (Å²) in [5.41, 5.74) is 2.57. The summed E-state index contributed by atoms with van der Waals surface area (Å²) in [7, 11) is 2.60. The molecule has 2 aromatic carbocycles. The summed E-state index contributed by atoms with van der Waals surface area (Å²) >= 11 is 0. The van der Waals surface area contributed by atoms with Gasteiger partial charge < -0.3 is 14.2 Å². The number of piperidine rings is 1. The normalized spacial score (nSPS) is 21.3. The Labute approximate surface area is 184 Å². The van der Waals surface area contributed by atoms with Crippen LogP contribution in [-0.4, -0.2) is 65.1 Å². The number of hydrogen-bond acceptors (Lipinski definition) is 6. The average molecular weight is 447 g/mol. The molecule has 0 saturated carbocycles. The van der Waals surface area contributed by atoms with Crippen molar-refractivity contribution in [3.63, 3.8) is 0 Å². The molecular weight excluding hydrogens is 416 g/mol. The van der Waals surface area contributed by atoms with E-state index in [9.17, 15) is 8.42 Å². The highest BCUT2D eigenvalue weighted by molar-refractivity contribution is 7.89. The smallest absolute Gasteiger partial charge is 0.246 e. The molecule has 2 aliphatic rings. The Balaban J connectivity index is 1.62. The molecule has 2 aliphatic heterocycles. The van der Waals surface area contributed by atoms with Gasteiger partial charge in [-0.1, -0.05) is 6.07 Å². The quantitative estimate of drug-likeness (QED) is 0.679. The lowest BCUT2D eigenvalue weighted by Crippen LogP contribution is -2.48. The molecule has 0 radical (unpaired) electrons. The van der Waals surface area contributed by atoms with Crippen molar-refractivity contribution in [2.24, 2.45) is 0 Å². The third-order valence-electron chi connectivity index (χ3n) is 6.61. The van der Waals surface area contributed by atoms with Gasteiger partial charge in [0.25, 0.3) is 0 Å². The van der Waals surface area contributed by atoms with Crippen LogP contribution in [0.5, 0.6) is 17.2 Å². The molecule has 0 spiro atoms. The van der Waals surface area contributed by atoms with Crippen molar-refractivity contribution in [1.82, 2.24) is 9.21 Å². The number of nitrogens with zero attached hydrogens (tertiary/aromatic N) is 2. The lowest BCUT2D eigenvalue weighted by molar-refractivity contribution is 0.0968. The predicted molar refractivity (Wildman–Crippen MR) is 119 cm³/mol. The van der Waals surface area contributed by atoms with Gasteiger partial charge >= 0.3 is 0 Å². The van der Waals surface area contributed by atoms with Crippen LogP contribution in [-0.2, 0) is 16.4 Å². The molecule has 1 fully saturated rings. The van der Waals surface area contributed by atoms with Gasteiger partial charge in [-0.05, 0) is 54.7 Å². The van der Waals surface area contributed by atoms with E-state index in [1.54, 1.807) is 26.3 Å². The predicted octanol–water partition coefficient (Wildman–Crippen LogP) is 3.09. The third-order valence-corrected chi connectivity index (χ3v) is 8.54. The topological polar surface area (TPSA) is 68.3 Å². The lowest BCUT2D eigenvalue weighted by atomic mass is 9.85. The fraction of sp³-hybridized carbons (Fsp3) is 0.478. The van der Waals surface area contributed by atoms with Crippen molar-refractivity contribution in [1.29, 1.82) is 0 Å². The van der Waals surface area contributed by atoms with Gasteiger partial charge in [0.05, 0.1) is 21.3 Å². The summed E-state index contributed by atoms with van der Waals surface area (Å²) in [6.45, 7) is 1.85. The number of ether oxygens (including phenoxy) is 3. The van der Waals surface area contributed by atoms with Gasteiger partial charge in [0.15, 0.2) is 0 Å². The maximum Gasteiger partial charge on any atom is 0.246 e. The van der Waals surface area contributed by atoms with E-state index in [-0.39, 0.29) is 17.0 Å². The van der Waals surface area contributed by atoms with E-state index in [1.165, 1.54) is 35.7 Å². The standard InChI is InChI=1S/C23H30N2O5S/c1-24(31(26,27)23-15-19(29-3)6-8-22(23)30-4)17-10-12-25-11-9-16-13-18(28-2)5-7-20(16)21(25)14-17/h5-8,13,15,17,21H,9-12,14H2,1-4H3. The van der Waals surface area contributed by atoms with Crippen molar-refractivity contribution in [2.45, 2.75) is 36.2 Å². The largest absolute Gasteiger partial charge is 0.497 e. The first kappa shape index (κ1) is 21.9. The first-order chi connectivity index (χ1) is 14.9. The molecule has 0 aromatic heterocycles. The van der Waals surface area contributed by atoms with Gasteiger partial charge in [-0.3, -0.25) is 4.90 Å². The highest BCUT2D eigenvalue weighted by Gasteiger charge is 2.39. The molecule has 8 heteroatoms. The summed E-state index contributed by atoms with van der Waals surface area (Å²) in [6.07, 6.45) is 2.54. The third kappa shape index (κ3) is 4.00. The molecular formula is C23H30N2O5S. The number of sulfonamides is 1. The van der Waals surface area contributed by atoms with Crippen LogP contribution in [0.3, 0.4) is 0 Å². The minimum atomic E-state index is -3.75. The van der Waals surface area contributed by atoms with Crippen molar-refractivity contribution in [2.75, 3.05) is 41.5 Å². The minimum absolute atomic E-state index is 0.102. The van der Waals surface area contributed by atoms with Crippen LogP contribution in [0.4, 0.5) is 0 Å². The van der Waals surface area contributed by atoms with Gasteiger partial charge in [0.1, 0.15) is 22.1 Å². The Bertz CT molecular complexity index is 1060. The van der Waals surface area contributed by atoms with E-state index in [2.05, 4.69) is 17.0 Å². The second kappa shape index (κ2) is 8.68. The molecule has 0 aliphatic carbocycles. The Morgan fingerprint density at radius 2 is 1.68 bits per heavy atom. The van der Waals surface area contributed by atoms with Crippen LogP contribution < -0.4 is 14.2 Å². The molecule has 2 atom stereocenters. The molecule has 2 aromatic rings. The molecule has 4 rings (SSSR count). The van der Waals surface area contributed by atoms with E-state index in [4.69, 9.17) is 14.2 Å². The summed E-state index contributed by atoms with van der Waals surface area (Å²) < 4.78 is 44.5. The summed E-state index contributed by atoms with van der Waals surface area (Å²) in [6, 6.07) is 11.2. The number of rotatable bonds is 6. The highest BCUT2D eigenvalue weighted by atomic mass is 32.2. The Morgan fingerprint density at radius 1 is 0.968 bits per heavy atom. The minimum Gasteiger partial charge on any atom is -0.497 e.